The van der Waals surface area contributed by atoms with Gasteiger partial charge in [0.1, 0.15) is 0 Å². The third-order valence-electron chi connectivity index (χ3n) is 0.544. The first-order valence-electron chi connectivity index (χ1n) is 1.71. The maximum Gasteiger partial charge on any atom is 0 e. The molecule has 0 aromatic carbocycles. The van der Waals surface area contributed by atoms with Crippen molar-refractivity contribution in [3.05, 3.63) is 0 Å². The Labute approximate surface area is 80.0 Å². The molecule has 55 valence electrons. The summed E-state index contributed by atoms with van der Waals surface area (Å²) in [6.07, 6.45) is 0. The minimum atomic E-state index is -3.12. The standard InChI is InChI=1S/4CHO.Co.Hg/c4*1-2;;/h4*1H;;. The molecule has 0 aliphatic rings. The predicted octanol–water partition coefficient (Wildman–Crippen LogP) is -1.10. The third-order valence-corrected chi connectivity index (χ3v) is 2.24. The van der Waals surface area contributed by atoms with Gasteiger partial charge in [0.05, 0.1) is 0 Å². The zero-order valence-electron chi connectivity index (χ0n) is 4.98. The first-order valence-corrected chi connectivity index (χ1v) is 4.12. The molecule has 0 aromatic rings. The van der Waals surface area contributed by atoms with E-state index in [9.17, 15) is 19.2 Å². The average molecular weight is 376 g/mol. The van der Waals surface area contributed by atoms with Gasteiger partial charge in [-0.05, 0) is 0 Å². The molecule has 0 amide bonds. The van der Waals surface area contributed by atoms with Gasteiger partial charge >= 0.3 is 52.7 Å². The molecule has 0 spiro atoms. The summed E-state index contributed by atoms with van der Waals surface area (Å²) in [5.74, 6) is 0. The first-order chi connectivity index (χ1) is 4.24. The van der Waals surface area contributed by atoms with Crippen LogP contribution in [0, 0.1) is 0 Å². The van der Waals surface area contributed by atoms with Crippen molar-refractivity contribution in [3.63, 3.8) is 0 Å². The van der Waals surface area contributed by atoms with Crippen LogP contribution in [-0.4, -0.2) is 20.9 Å². The first kappa shape index (κ1) is 12.8. The van der Waals surface area contributed by atoms with Crippen molar-refractivity contribution in [2.45, 2.75) is 0 Å². The summed E-state index contributed by atoms with van der Waals surface area (Å²) in [4.78, 5) is 39.5. The molecule has 0 unspecified atom stereocenters. The molecule has 0 atom stereocenters. The van der Waals surface area contributed by atoms with E-state index in [1.165, 1.54) is 0 Å². The monoisotopic (exact) mass is 377 g/mol. The van der Waals surface area contributed by atoms with Gasteiger partial charge in [-0.25, -0.2) is 0 Å². The minimum absolute atomic E-state index is 0. The van der Waals surface area contributed by atoms with E-state index in [0.717, 1.165) is 0 Å². The fraction of sp³-hybridized carbons (Fsp3) is 0. The summed E-state index contributed by atoms with van der Waals surface area (Å²) in [5, 5.41) is 0.438. The molecule has 0 heterocycles. The van der Waals surface area contributed by atoms with E-state index in [0.29, 0.717) is 0 Å². The second kappa shape index (κ2) is 5.87. The third kappa shape index (κ3) is 2.80. The maximum absolute atomic E-state index is 9.88. The van der Waals surface area contributed by atoms with Crippen molar-refractivity contribution in [2.75, 3.05) is 0 Å². The van der Waals surface area contributed by atoms with E-state index >= 15 is 0 Å². The van der Waals surface area contributed by atoms with Crippen LogP contribution in [0.1, 0.15) is 0 Å². The Hall–Kier alpha value is 0.122. The normalized spacial score (nSPS) is 10.4. The van der Waals surface area contributed by atoms with Crippen molar-refractivity contribution in [1.29, 1.82) is 0 Å². The molecule has 0 fully saturated rings. The molecule has 0 bridgehead atoms. The largest absolute Gasteiger partial charge is 0 e. The maximum atomic E-state index is 9.88. The van der Waals surface area contributed by atoms with Gasteiger partial charge in [-0.1, -0.05) is 0 Å². The van der Waals surface area contributed by atoms with Gasteiger partial charge in [0, 0.05) is 27.7 Å². The fourth-order valence-corrected chi connectivity index (χ4v) is 0.458. The Bertz CT molecular complexity index is 120. The van der Waals surface area contributed by atoms with Gasteiger partial charge in [-0.15, -0.1) is 0 Å². The van der Waals surface area contributed by atoms with Crippen molar-refractivity contribution in [2.24, 2.45) is 0 Å². The minimum Gasteiger partial charge on any atom is 0 e. The summed E-state index contributed by atoms with van der Waals surface area (Å²) < 4.78 is 0. The Morgan fingerprint density at radius 2 is 0.900 bits per heavy atom. The topological polar surface area (TPSA) is 68.3 Å². The van der Waals surface area contributed by atoms with Crippen LogP contribution in [0.4, 0.5) is 0 Å². The zero-order chi connectivity index (χ0) is 7.33. The van der Waals surface area contributed by atoms with Crippen LogP contribution in [0.2, 0.25) is 0 Å². The molecule has 0 N–H and O–H groups in total. The molecular formula is C4H4CoHgO4. The predicted molar refractivity (Wildman–Crippen MR) is 27.0 cm³/mol. The summed E-state index contributed by atoms with van der Waals surface area (Å²) in [5.41, 5.74) is 0. The van der Waals surface area contributed by atoms with Crippen molar-refractivity contribution < 1.29 is 59.5 Å². The Kier molecular flexibility index (Phi) is 7.50. The van der Waals surface area contributed by atoms with Crippen LogP contribution >= 0.6 is 0 Å². The molecule has 6 heteroatoms. The molecule has 0 aliphatic heterocycles. The number of rotatable bonds is 4. The Morgan fingerprint density at radius 1 is 0.700 bits per heavy atom. The van der Waals surface area contributed by atoms with Gasteiger partial charge in [0.25, 0.3) is 0 Å². The molecule has 0 saturated carbocycles. The van der Waals surface area contributed by atoms with Crippen LogP contribution in [0.15, 0.2) is 0 Å². The second-order valence-corrected chi connectivity index (χ2v) is 4.04. The molecule has 0 aromatic heterocycles. The van der Waals surface area contributed by atoms with Crippen molar-refractivity contribution >= 4 is 20.9 Å². The van der Waals surface area contributed by atoms with Crippen molar-refractivity contribution in [1.82, 2.24) is 0 Å². The fourth-order valence-electron chi connectivity index (χ4n) is 0.111. The van der Waals surface area contributed by atoms with Crippen molar-refractivity contribution in [3.8, 4) is 0 Å². The zero-order valence-corrected chi connectivity index (χ0v) is 11.5. The van der Waals surface area contributed by atoms with Crippen LogP contribution in [-0.2, 0) is 59.5 Å². The Morgan fingerprint density at radius 3 is 0.900 bits per heavy atom. The quantitative estimate of drug-likeness (QED) is 0.462. The molecule has 4 nitrogen and oxygen atoms in total. The van der Waals surface area contributed by atoms with E-state index in [-0.39, 0.29) is 48.6 Å². The van der Waals surface area contributed by atoms with E-state index in [1.807, 2.05) is 0 Å². The average Bonchev–Trinajstić information content (AvgIpc) is 1.95. The molecule has 0 aliphatic carbocycles. The van der Waals surface area contributed by atoms with Crippen LogP contribution in [0.25, 0.3) is 0 Å². The van der Waals surface area contributed by atoms with E-state index in [4.69, 9.17) is 0 Å². The van der Waals surface area contributed by atoms with Gasteiger partial charge in [-0.2, -0.15) is 0 Å². The number of hydrogen-bond donors (Lipinski definition) is 0. The number of carbonyl (C=O) groups excluding carboxylic acids is 4. The summed E-state index contributed by atoms with van der Waals surface area (Å²) in [7, 11) is 0. The van der Waals surface area contributed by atoms with Gasteiger partial charge < -0.3 is 0 Å². The van der Waals surface area contributed by atoms with E-state index in [2.05, 4.69) is 0 Å². The second-order valence-electron chi connectivity index (χ2n) is 0.981. The van der Waals surface area contributed by atoms with Gasteiger partial charge in [0.2, 0.25) is 0 Å². The summed E-state index contributed by atoms with van der Waals surface area (Å²) >= 11 is -3.12. The Balaban J connectivity index is 0. The van der Waals surface area contributed by atoms with Gasteiger partial charge in [-0.3, -0.25) is 0 Å². The molecule has 0 radical (unpaired) electrons. The molecule has 0 saturated heterocycles. The van der Waals surface area contributed by atoms with Crippen LogP contribution < -0.4 is 0 Å². The van der Waals surface area contributed by atoms with E-state index < -0.39 is 12.6 Å². The van der Waals surface area contributed by atoms with Gasteiger partial charge in [0.15, 0.2) is 0 Å². The molecule has 0 rings (SSSR count). The summed E-state index contributed by atoms with van der Waals surface area (Å²) in [6.45, 7) is 0. The smallest absolute Gasteiger partial charge is 0 e. The number of hydrogen-bond acceptors (Lipinski definition) is 4. The molecular weight excluding hydrogens is 372 g/mol. The van der Waals surface area contributed by atoms with E-state index in [1.54, 1.807) is 0 Å². The summed E-state index contributed by atoms with van der Waals surface area (Å²) in [6, 6.07) is 0. The number of carbonyl (C=O) groups is 4. The van der Waals surface area contributed by atoms with Crippen LogP contribution in [0.3, 0.4) is 0 Å². The SMILES string of the molecule is O=[CH][Co]([CH]=O)([CH]=O)[CH]=O.[Hg]. The van der Waals surface area contributed by atoms with Crippen LogP contribution in [0.5, 0.6) is 0 Å². The molecule has 10 heavy (non-hydrogen) atoms.